The van der Waals surface area contributed by atoms with Crippen LogP contribution in [0.25, 0.3) is 0 Å². The van der Waals surface area contributed by atoms with E-state index in [0.29, 0.717) is 5.75 Å². The average Bonchev–Trinajstić information content (AvgIpc) is 2.75. The third kappa shape index (κ3) is 8.18. The molecule has 0 radical (unpaired) electrons. The molecule has 0 amide bonds. The van der Waals surface area contributed by atoms with Crippen LogP contribution in [0.2, 0.25) is 0 Å². The second-order valence-corrected chi connectivity index (χ2v) is 13.2. The van der Waals surface area contributed by atoms with Gasteiger partial charge in [-0.1, -0.05) is 97.9 Å². The number of allylic oxidation sites excluding steroid dienone is 1. The summed E-state index contributed by atoms with van der Waals surface area (Å²) in [7, 11) is 0. The molecule has 0 saturated heterocycles. The van der Waals surface area contributed by atoms with E-state index < -0.39 is 0 Å². The first-order chi connectivity index (χ1) is 15.4. The molecular formula is C32H54O. The molecule has 1 aromatic carbocycles. The standard InChI is InChI=1S/C17H30.C15H24O/c1-3-5-15-8-12-17(13-9-15)16-10-6-14(4-2)7-11-16;1-10-8-11(14(2,3)4)13(16)12(9-10)15(5,6)7/h4,14-17H,2-3,5-13H2,1H3;8-9,16H,1-7H3. The van der Waals surface area contributed by atoms with E-state index in [0.717, 1.165) is 34.8 Å². The van der Waals surface area contributed by atoms with Crippen molar-refractivity contribution in [3.05, 3.63) is 41.5 Å². The molecular weight excluding hydrogens is 400 g/mol. The van der Waals surface area contributed by atoms with Crippen LogP contribution in [0.3, 0.4) is 0 Å². The van der Waals surface area contributed by atoms with Crippen molar-refractivity contribution in [2.75, 3.05) is 0 Å². The van der Waals surface area contributed by atoms with Crippen LogP contribution < -0.4 is 0 Å². The van der Waals surface area contributed by atoms with E-state index in [1.165, 1.54) is 69.8 Å². The van der Waals surface area contributed by atoms with Crippen LogP contribution in [0.15, 0.2) is 24.8 Å². The van der Waals surface area contributed by atoms with E-state index in [4.69, 9.17) is 0 Å². The van der Waals surface area contributed by atoms with Crippen molar-refractivity contribution < 1.29 is 5.11 Å². The van der Waals surface area contributed by atoms with E-state index in [2.05, 4.69) is 80.2 Å². The van der Waals surface area contributed by atoms with Crippen molar-refractivity contribution in [3.63, 3.8) is 0 Å². The summed E-state index contributed by atoms with van der Waals surface area (Å²) in [5.74, 6) is 4.51. The molecule has 2 fully saturated rings. The van der Waals surface area contributed by atoms with Gasteiger partial charge in [0.25, 0.3) is 0 Å². The van der Waals surface area contributed by atoms with E-state index in [1.807, 2.05) is 0 Å². The van der Waals surface area contributed by atoms with Gasteiger partial charge in [-0.15, -0.1) is 6.58 Å². The Hall–Kier alpha value is -1.24. The summed E-state index contributed by atoms with van der Waals surface area (Å²) in [5, 5.41) is 10.4. The number of rotatable bonds is 4. The molecule has 0 heterocycles. The van der Waals surface area contributed by atoms with Crippen molar-refractivity contribution in [1.82, 2.24) is 0 Å². The van der Waals surface area contributed by atoms with Crippen molar-refractivity contribution in [2.24, 2.45) is 23.7 Å². The lowest BCUT2D eigenvalue weighted by Gasteiger charge is -2.37. The molecule has 0 spiro atoms. The zero-order chi connectivity index (χ0) is 24.8. The average molecular weight is 455 g/mol. The van der Waals surface area contributed by atoms with Gasteiger partial charge in [-0.05, 0) is 91.1 Å². The van der Waals surface area contributed by atoms with Gasteiger partial charge in [0.1, 0.15) is 5.75 Å². The zero-order valence-corrected chi connectivity index (χ0v) is 23.3. The zero-order valence-electron chi connectivity index (χ0n) is 23.3. The molecule has 2 aliphatic rings. The maximum atomic E-state index is 10.4. The lowest BCUT2D eigenvalue weighted by atomic mass is 9.69. The highest BCUT2D eigenvalue weighted by molar-refractivity contribution is 5.49. The summed E-state index contributed by atoms with van der Waals surface area (Å²) in [6.07, 6.45) is 17.0. The molecule has 1 N–H and O–H groups in total. The number of phenols is 1. The van der Waals surface area contributed by atoms with Crippen molar-refractivity contribution in [3.8, 4) is 5.75 Å². The first-order valence-corrected chi connectivity index (χ1v) is 13.8. The van der Waals surface area contributed by atoms with Crippen LogP contribution in [0.4, 0.5) is 0 Å². The second-order valence-electron chi connectivity index (χ2n) is 13.2. The summed E-state index contributed by atoms with van der Waals surface area (Å²) < 4.78 is 0. The molecule has 33 heavy (non-hydrogen) atoms. The van der Waals surface area contributed by atoms with Gasteiger partial charge in [0.15, 0.2) is 0 Å². The Kier molecular flexibility index (Phi) is 10.1. The van der Waals surface area contributed by atoms with Crippen LogP contribution in [0.5, 0.6) is 5.75 Å². The highest BCUT2D eigenvalue weighted by Gasteiger charge is 2.30. The molecule has 0 aliphatic heterocycles. The van der Waals surface area contributed by atoms with Crippen LogP contribution in [0.1, 0.15) is 129 Å². The fourth-order valence-electron chi connectivity index (χ4n) is 6.13. The first-order valence-electron chi connectivity index (χ1n) is 13.8. The van der Waals surface area contributed by atoms with Gasteiger partial charge in [-0.25, -0.2) is 0 Å². The van der Waals surface area contributed by atoms with Crippen LogP contribution in [0, 0.1) is 30.6 Å². The van der Waals surface area contributed by atoms with Gasteiger partial charge in [-0.3, -0.25) is 0 Å². The summed E-state index contributed by atoms with van der Waals surface area (Å²) in [6, 6.07) is 4.18. The van der Waals surface area contributed by atoms with E-state index >= 15 is 0 Å². The third-order valence-electron chi connectivity index (χ3n) is 8.28. The Balaban J connectivity index is 0.000000234. The van der Waals surface area contributed by atoms with Crippen molar-refractivity contribution >= 4 is 0 Å². The number of hydrogen-bond donors (Lipinski definition) is 1. The van der Waals surface area contributed by atoms with Crippen LogP contribution in [-0.4, -0.2) is 5.11 Å². The predicted octanol–water partition coefficient (Wildman–Crippen LogP) is 9.88. The molecule has 3 rings (SSSR count). The maximum absolute atomic E-state index is 10.4. The third-order valence-corrected chi connectivity index (χ3v) is 8.28. The predicted molar refractivity (Wildman–Crippen MR) is 146 cm³/mol. The summed E-state index contributed by atoms with van der Waals surface area (Å²) in [6.45, 7) is 21.2. The molecule has 2 saturated carbocycles. The smallest absolute Gasteiger partial charge is 0.123 e. The van der Waals surface area contributed by atoms with Gasteiger partial charge in [-0.2, -0.15) is 0 Å². The van der Waals surface area contributed by atoms with Gasteiger partial charge in [0.2, 0.25) is 0 Å². The van der Waals surface area contributed by atoms with E-state index in [9.17, 15) is 5.11 Å². The molecule has 1 heteroatoms. The van der Waals surface area contributed by atoms with Crippen LogP contribution >= 0.6 is 0 Å². The number of aromatic hydroxyl groups is 1. The molecule has 0 aromatic heterocycles. The summed E-state index contributed by atoms with van der Waals surface area (Å²) in [4.78, 5) is 0. The van der Waals surface area contributed by atoms with Gasteiger partial charge < -0.3 is 5.11 Å². The topological polar surface area (TPSA) is 20.2 Å². The van der Waals surface area contributed by atoms with E-state index in [1.54, 1.807) is 0 Å². The minimum Gasteiger partial charge on any atom is -0.507 e. The highest BCUT2D eigenvalue weighted by atomic mass is 16.3. The summed E-state index contributed by atoms with van der Waals surface area (Å²) >= 11 is 0. The van der Waals surface area contributed by atoms with Gasteiger partial charge in [0, 0.05) is 0 Å². The van der Waals surface area contributed by atoms with Crippen molar-refractivity contribution in [1.29, 1.82) is 0 Å². The summed E-state index contributed by atoms with van der Waals surface area (Å²) in [5.41, 5.74) is 3.26. The molecule has 0 atom stereocenters. The number of phenolic OH excluding ortho intramolecular Hbond substituents is 1. The number of aryl methyl sites for hydroxylation is 1. The first kappa shape index (κ1) is 28.0. The SMILES string of the molecule is C=CC1CCC(C2CCC(CCC)CC2)CC1.Cc1cc(C(C)(C)C)c(O)c(C(C)(C)C)c1. The fraction of sp³-hybridized carbons (Fsp3) is 0.750. The molecule has 0 bridgehead atoms. The Morgan fingerprint density at radius 3 is 1.61 bits per heavy atom. The monoisotopic (exact) mass is 454 g/mol. The van der Waals surface area contributed by atoms with E-state index in [-0.39, 0.29) is 10.8 Å². The Morgan fingerprint density at radius 2 is 1.24 bits per heavy atom. The maximum Gasteiger partial charge on any atom is 0.123 e. The fourth-order valence-corrected chi connectivity index (χ4v) is 6.13. The molecule has 1 nitrogen and oxygen atoms in total. The normalized spacial score (nSPS) is 26.3. The number of benzene rings is 1. The minimum atomic E-state index is -0.0178. The van der Waals surface area contributed by atoms with Crippen molar-refractivity contribution in [2.45, 2.75) is 130 Å². The van der Waals surface area contributed by atoms with Gasteiger partial charge >= 0.3 is 0 Å². The number of hydrogen-bond acceptors (Lipinski definition) is 1. The Morgan fingerprint density at radius 1 is 0.818 bits per heavy atom. The molecule has 188 valence electrons. The minimum absolute atomic E-state index is 0.0178. The lowest BCUT2D eigenvalue weighted by Crippen LogP contribution is -2.25. The molecule has 0 unspecified atom stereocenters. The quantitative estimate of drug-likeness (QED) is 0.449. The Labute approximate surface area is 206 Å². The van der Waals surface area contributed by atoms with Crippen LogP contribution in [-0.2, 0) is 10.8 Å². The second kappa shape index (κ2) is 11.9. The largest absolute Gasteiger partial charge is 0.507 e. The molecule has 1 aromatic rings. The van der Waals surface area contributed by atoms with Gasteiger partial charge in [0.05, 0.1) is 0 Å². The lowest BCUT2D eigenvalue weighted by molar-refractivity contribution is 0.152. The highest BCUT2D eigenvalue weighted by Crippen LogP contribution is 2.42. The molecule has 2 aliphatic carbocycles. The Bertz CT molecular complexity index is 694.